The van der Waals surface area contributed by atoms with Crippen molar-refractivity contribution in [2.75, 3.05) is 30.1 Å². The summed E-state index contributed by atoms with van der Waals surface area (Å²) in [4.78, 5) is 37.3. The highest BCUT2D eigenvalue weighted by Crippen LogP contribution is 2.22. The number of amides is 2. The van der Waals surface area contributed by atoms with E-state index in [1.165, 1.54) is 18.9 Å². The summed E-state index contributed by atoms with van der Waals surface area (Å²) in [5.74, 6) is -1.22. The molecule has 0 saturated carbocycles. The van der Waals surface area contributed by atoms with Crippen molar-refractivity contribution in [3.63, 3.8) is 0 Å². The fourth-order valence-corrected chi connectivity index (χ4v) is 4.53. The molecule has 0 radical (unpaired) electrons. The first-order valence-electron chi connectivity index (χ1n) is 8.18. The van der Waals surface area contributed by atoms with Gasteiger partial charge in [0.2, 0.25) is 11.8 Å². The van der Waals surface area contributed by atoms with Crippen LogP contribution in [0.2, 0.25) is 0 Å². The first-order chi connectivity index (χ1) is 12.2. The van der Waals surface area contributed by atoms with Crippen molar-refractivity contribution < 1.29 is 27.5 Å². The van der Waals surface area contributed by atoms with Crippen molar-refractivity contribution in [1.29, 1.82) is 0 Å². The second-order valence-corrected chi connectivity index (χ2v) is 8.33. The number of rotatable bonds is 6. The Labute approximate surface area is 152 Å². The van der Waals surface area contributed by atoms with E-state index >= 15 is 0 Å². The van der Waals surface area contributed by atoms with E-state index in [1.54, 1.807) is 24.3 Å². The van der Waals surface area contributed by atoms with Crippen LogP contribution >= 0.6 is 0 Å². The van der Waals surface area contributed by atoms with Gasteiger partial charge in [-0.1, -0.05) is 12.1 Å². The minimum atomic E-state index is -3.08. The van der Waals surface area contributed by atoms with Gasteiger partial charge >= 0.3 is 5.97 Å². The highest BCUT2D eigenvalue weighted by atomic mass is 32.2. The maximum absolute atomic E-state index is 12.1. The fourth-order valence-electron chi connectivity index (χ4n) is 2.86. The van der Waals surface area contributed by atoms with Crippen molar-refractivity contribution in [2.24, 2.45) is 0 Å². The van der Waals surface area contributed by atoms with Gasteiger partial charge in [-0.3, -0.25) is 9.59 Å². The van der Waals surface area contributed by atoms with Gasteiger partial charge in [0.1, 0.15) is 0 Å². The Kier molecular flexibility index (Phi) is 6.36. The molecule has 26 heavy (non-hydrogen) atoms. The SMILES string of the molecule is COC(=O)c1ccccc1N(CCC(=O)NC1CCS(=O)(=O)C1)C(C)=O. The summed E-state index contributed by atoms with van der Waals surface area (Å²) in [6.07, 6.45) is 0.390. The molecule has 1 N–H and O–H groups in total. The molecule has 0 aromatic heterocycles. The standard InChI is InChI=1S/C17H22N2O6S/c1-12(20)19(15-6-4-3-5-14(15)17(22)25-2)9-7-16(21)18-13-8-10-26(23,24)11-13/h3-6,13H,7-11H2,1-2H3,(H,18,21). The summed E-state index contributed by atoms with van der Waals surface area (Å²) in [6, 6.07) is 6.10. The molecule has 0 spiro atoms. The lowest BCUT2D eigenvalue weighted by molar-refractivity contribution is -0.121. The van der Waals surface area contributed by atoms with Gasteiger partial charge in [0.05, 0.1) is 29.9 Å². The number of carbonyl (C=O) groups is 3. The van der Waals surface area contributed by atoms with Crippen LogP contribution in [0.3, 0.4) is 0 Å². The third-order valence-corrected chi connectivity index (χ3v) is 5.91. The van der Waals surface area contributed by atoms with Crippen LogP contribution in [-0.2, 0) is 24.2 Å². The van der Waals surface area contributed by atoms with Crippen molar-refractivity contribution in [3.8, 4) is 0 Å². The molecule has 1 atom stereocenters. The molecule has 0 aliphatic carbocycles. The molecule has 8 nitrogen and oxygen atoms in total. The minimum absolute atomic E-state index is 0.00830. The molecule has 1 heterocycles. The number of nitrogens with zero attached hydrogens (tertiary/aromatic N) is 1. The van der Waals surface area contributed by atoms with E-state index in [9.17, 15) is 22.8 Å². The number of hydrogen-bond acceptors (Lipinski definition) is 6. The van der Waals surface area contributed by atoms with E-state index in [4.69, 9.17) is 4.74 Å². The molecular weight excluding hydrogens is 360 g/mol. The quantitative estimate of drug-likeness (QED) is 0.718. The summed E-state index contributed by atoms with van der Waals surface area (Å²) >= 11 is 0. The monoisotopic (exact) mass is 382 g/mol. The third-order valence-electron chi connectivity index (χ3n) is 4.14. The Morgan fingerprint density at radius 1 is 1.27 bits per heavy atom. The Morgan fingerprint density at radius 2 is 1.96 bits per heavy atom. The van der Waals surface area contributed by atoms with Crippen LogP contribution < -0.4 is 10.2 Å². The topological polar surface area (TPSA) is 110 Å². The molecule has 1 aliphatic heterocycles. The van der Waals surface area contributed by atoms with Gasteiger partial charge in [-0.25, -0.2) is 13.2 Å². The lowest BCUT2D eigenvalue weighted by atomic mass is 10.1. The van der Waals surface area contributed by atoms with Crippen LogP contribution in [0.1, 0.15) is 30.1 Å². The molecule has 2 amide bonds. The number of sulfone groups is 1. The number of esters is 1. The van der Waals surface area contributed by atoms with Gasteiger partial charge in [-0.2, -0.15) is 0 Å². The lowest BCUT2D eigenvalue weighted by Gasteiger charge is -2.23. The van der Waals surface area contributed by atoms with Crippen molar-refractivity contribution >= 4 is 33.3 Å². The number of carbonyl (C=O) groups excluding carboxylic acids is 3. The van der Waals surface area contributed by atoms with E-state index in [1.807, 2.05) is 0 Å². The molecule has 1 aromatic carbocycles. The van der Waals surface area contributed by atoms with Crippen molar-refractivity contribution in [2.45, 2.75) is 25.8 Å². The van der Waals surface area contributed by atoms with Crippen LogP contribution in [0.5, 0.6) is 0 Å². The summed E-state index contributed by atoms with van der Waals surface area (Å²) in [6.45, 7) is 1.41. The first kappa shape index (κ1) is 19.9. The number of ether oxygens (including phenoxy) is 1. The van der Waals surface area contributed by atoms with Crippen molar-refractivity contribution in [1.82, 2.24) is 5.32 Å². The van der Waals surface area contributed by atoms with Gasteiger partial charge in [-0.05, 0) is 18.6 Å². The third kappa shape index (κ3) is 5.04. The predicted molar refractivity (Wildman–Crippen MR) is 95.6 cm³/mol. The fraction of sp³-hybridized carbons (Fsp3) is 0.471. The molecule has 1 aliphatic rings. The molecule has 1 aromatic rings. The maximum atomic E-state index is 12.1. The summed E-state index contributed by atoms with van der Waals surface area (Å²) in [5, 5.41) is 2.68. The van der Waals surface area contributed by atoms with Gasteiger partial charge in [-0.15, -0.1) is 0 Å². The van der Waals surface area contributed by atoms with Crippen LogP contribution in [-0.4, -0.2) is 57.4 Å². The number of nitrogens with one attached hydrogen (secondary N) is 1. The minimum Gasteiger partial charge on any atom is -0.465 e. The number of para-hydroxylation sites is 1. The zero-order valence-corrected chi connectivity index (χ0v) is 15.5. The van der Waals surface area contributed by atoms with Crippen molar-refractivity contribution in [3.05, 3.63) is 29.8 Å². The van der Waals surface area contributed by atoms with E-state index in [-0.39, 0.29) is 47.9 Å². The zero-order chi connectivity index (χ0) is 19.3. The van der Waals surface area contributed by atoms with Crippen LogP contribution in [0.25, 0.3) is 0 Å². The van der Waals surface area contributed by atoms with E-state index in [0.29, 0.717) is 12.1 Å². The summed E-state index contributed by atoms with van der Waals surface area (Å²) < 4.78 is 27.6. The lowest BCUT2D eigenvalue weighted by Crippen LogP contribution is -2.39. The molecule has 9 heteroatoms. The smallest absolute Gasteiger partial charge is 0.339 e. The molecule has 1 unspecified atom stereocenters. The number of anilines is 1. The second kappa shape index (κ2) is 8.31. The Hall–Kier alpha value is -2.42. The van der Waals surface area contributed by atoms with Crippen LogP contribution in [0.4, 0.5) is 5.69 Å². The second-order valence-electron chi connectivity index (χ2n) is 6.10. The zero-order valence-electron chi connectivity index (χ0n) is 14.7. The molecule has 142 valence electrons. The maximum Gasteiger partial charge on any atom is 0.339 e. The van der Waals surface area contributed by atoms with E-state index in [2.05, 4.69) is 5.32 Å². The van der Waals surface area contributed by atoms with Gasteiger partial charge < -0.3 is 15.0 Å². The van der Waals surface area contributed by atoms with Crippen LogP contribution in [0.15, 0.2) is 24.3 Å². The van der Waals surface area contributed by atoms with E-state index < -0.39 is 15.8 Å². The number of methoxy groups -OCH3 is 1. The Morgan fingerprint density at radius 3 is 2.54 bits per heavy atom. The Bertz CT molecular complexity index is 805. The average molecular weight is 382 g/mol. The molecular formula is C17H22N2O6S. The first-order valence-corrected chi connectivity index (χ1v) is 10.0. The Balaban J connectivity index is 2.04. The van der Waals surface area contributed by atoms with E-state index in [0.717, 1.165) is 0 Å². The highest BCUT2D eigenvalue weighted by molar-refractivity contribution is 7.91. The molecule has 1 saturated heterocycles. The van der Waals surface area contributed by atoms with Gasteiger partial charge in [0, 0.05) is 25.9 Å². The number of hydrogen-bond donors (Lipinski definition) is 1. The van der Waals surface area contributed by atoms with Gasteiger partial charge in [0.15, 0.2) is 9.84 Å². The average Bonchev–Trinajstić information content (AvgIpc) is 2.92. The largest absolute Gasteiger partial charge is 0.465 e. The summed E-state index contributed by atoms with van der Waals surface area (Å²) in [7, 11) is -1.83. The highest BCUT2D eigenvalue weighted by Gasteiger charge is 2.29. The number of benzene rings is 1. The molecule has 1 fully saturated rings. The predicted octanol–water partition coefficient (Wildman–Crippen LogP) is 0.520. The normalized spacial score (nSPS) is 18.2. The molecule has 0 bridgehead atoms. The van der Waals surface area contributed by atoms with Gasteiger partial charge in [0.25, 0.3) is 0 Å². The molecule has 2 rings (SSSR count). The summed E-state index contributed by atoms with van der Waals surface area (Å²) in [5.41, 5.74) is 0.593. The van der Waals surface area contributed by atoms with Crippen LogP contribution in [0, 0.1) is 0 Å².